The molecule has 1 atom stereocenters. The second-order valence-corrected chi connectivity index (χ2v) is 8.52. The molecule has 1 N–H and O–H groups in total. The van der Waals surface area contributed by atoms with Gasteiger partial charge in [0.25, 0.3) is 5.91 Å². The molecule has 0 radical (unpaired) electrons. The Balaban J connectivity index is 1.78. The van der Waals surface area contributed by atoms with Crippen LogP contribution in [0.5, 0.6) is 0 Å². The molecular weight excluding hydrogens is 362 g/mol. The maximum atomic E-state index is 12.7. The van der Waals surface area contributed by atoms with Crippen molar-refractivity contribution in [3.05, 3.63) is 77.9 Å². The topological polar surface area (TPSA) is 81.1 Å². The normalized spacial score (nSPS) is 12.6. The maximum Gasteiger partial charge on any atom is 0.252 e. The summed E-state index contributed by atoms with van der Waals surface area (Å²) in [4.78, 5) is 16.8. The van der Waals surface area contributed by atoms with Crippen molar-refractivity contribution in [1.29, 1.82) is 0 Å². The second-order valence-electron chi connectivity index (χ2n) is 6.51. The molecule has 0 fully saturated rings. The van der Waals surface area contributed by atoms with E-state index < -0.39 is 9.84 Å². The van der Waals surface area contributed by atoms with Crippen LogP contribution in [0.2, 0.25) is 0 Å². The number of amides is 1. The van der Waals surface area contributed by atoms with Gasteiger partial charge >= 0.3 is 0 Å². The van der Waals surface area contributed by atoms with Crippen molar-refractivity contribution in [1.82, 2.24) is 14.9 Å². The van der Waals surface area contributed by atoms with Crippen molar-refractivity contribution >= 4 is 15.7 Å². The van der Waals surface area contributed by atoms with E-state index in [0.29, 0.717) is 5.56 Å². The zero-order valence-electron chi connectivity index (χ0n) is 15.4. The number of aryl methyl sites for hydroxylation is 1. The number of hydrogen-bond donors (Lipinski definition) is 1. The highest BCUT2D eigenvalue weighted by molar-refractivity contribution is 7.90. The van der Waals surface area contributed by atoms with Gasteiger partial charge in [-0.1, -0.05) is 18.2 Å². The average molecular weight is 383 g/mol. The monoisotopic (exact) mass is 383 g/mol. The molecule has 7 heteroatoms. The SMILES string of the molecule is Cc1ccc(S(C)(=O)=O)cc1C(=O)N[C@H](C)c1ccc(-n2ccnc2)cc1. The fourth-order valence-corrected chi connectivity index (χ4v) is 3.43. The summed E-state index contributed by atoms with van der Waals surface area (Å²) in [7, 11) is -3.37. The first-order valence-corrected chi connectivity index (χ1v) is 10.3. The smallest absolute Gasteiger partial charge is 0.252 e. The highest BCUT2D eigenvalue weighted by Gasteiger charge is 2.17. The molecule has 0 unspecified atom stereocenters. The number of sulfone groups is 1. The van der Waals surface area contributed by atoms with Crippen molar-refractivity contribution in [3.63, 3.8) is 0 Å². The third-order valence-corrected chi connectivity index (χ3v) is 5.54. The van der Waals surface area contributed by atoms with Crippen LogP contribution in [0.4, 0.5) is 0 Å². The number of imidazole rings is 1. The molecule has 0 saturated heterocycles. The Morgan fingerprint density at radius 2 is 1.85 bits per heavy atom. The fourth-order valence-electron chi connectivity index (χ4n) is 2.78. The van der Waals surface area contributed by atoms with Gasteiger partial charge < -0.3 is 9.88 Å². The van der Waals surface area contributed by atoms with Crippen LogP contribution in [-0.2, 0) is 9.84 Å². The van der Waals surface area contributed by atoms with E-state index in [2.05, 4.69) is 10.3 Å². The summed E-state index contributed by atoms with van der Waals surface area (Å²) in [5, 5.41) is 2.93. The summed E-state index contributed by atoms with van der Waals surface area (Å²) in [6.07, 6.45) is 6.42. The first-order valence-electron chi connectivity index (χ1n) is 8.45. The predicted molar refractivity (Wildman–Crippen MR) is 104 cm³/mol. The van der Waals surface area contributed by atoms with Gasteiger partial charge in [-0.3, -0.25) is 4.79 Å². The molecule has 0 aliphatic heterocycles. The number of hydrogen-bond acceptors (Lipinski definition) is 4. The Labute approximate surface area is 158 Å². The minimum atomic E-state index is -3.37. The molecule has 27 heavy (non-hydrogen) atoms. The Hall–Kier alpha value is -2.93. The average Bonchev–Trinajstić information content (AvgIpc) is 3.15. The molecule has 0 bridgehead atoms. The lowest BCUT2D eigenvalue weighted by atomic mass is 10.1. The van der Waals surface area contributed by atoms with Crippen molar-refractivity contribution in [2.75, 3.05) is 6.26 Å². The largest absolute Gasteiger partial charge is 0.346 e. The van der Waals surface area contributed by atoms with E-state index in [4.69, 9.17) is 0 Å². The van der Waals surface area contributed by atoms with Gasteiger partial charge in [-0.2, -0.15) is 0 Å². The van der Waals surface area contributed by atoms with E-state index in [1.165, 1.54) is 12.1 Å². The van der Waals surface area contributed by atoms with Crippen LogP contribution in [-0.4, -0.2) is 30.1 Å². The number of nitrogens with one attached hydrogen (secondary N) is 1. The summed E-state index contributed by atoms with van der Waals surface area (Å²) in [5.74, 6) is -0.302. The highest BCUT2D eigenvalue weighted by Crippen LogP contribution is 2.19. The minimum absolute atomic E-state index is 0.135. The van der Waals surface area contributed by atoms with Crippen LogP contribution < -0.4 is 5.32 Å². The zero-order valence-corrected chi connectivity index (χ0v) is 16.2. The molecule has 0 saturated carbocycles. The lowest BCUT2D eigenvalue weighted by Crippen LogP contribution is -2.27. The molecular formula is C20H21N3O3S. The molecule has 1 amide bonds. The Morgan fingerprint density at radius 3 is 2.44 bits per heavy atom. The van der Waals surface area contributed by atoms with Crippen LogP contribution >= 0.6 is 0 Å². The minimum Gasteiger partial charge on any atom is -0.346 e. The van der Waals surface area contributed by atoms with E-state index in [9.17, 15) is 13.2 Å². The quantitative estimate of drug-likeness (QED) is 0.734. The van der Waals surface area contributed by atoms with Gasteiger partial charge in [0.1, 0.15) is 0 Å². The summed E-state index contributed by atoms with van der Waals surface area (Å²) < 4.78 is 25.4. The maximum absolute atomic E-state index is 12.7. The molecule has 6 nitrogen and oxygen atoms in total. The molecule has 140 valence electrons. The fraction of sp³-hybridized carbons (Fsp3) is 0.200. The highest BCUT2D eigenvalue weighted by atomic mass is 32.2. The van der Waals surface area contributed by atoms with Crippen LogP contribution in [0.15, 0.2) is 66.1 Å². The summed E-state index contributed by atoms with van der Waals surface area (Å²) in [6.45, 7) is 3.67. The molecule has 0 spiro atoms. The van der Waals surface area contributed by atoms with Gasteiger partial charge in [0.2, 0.25) is 0 Å². The third-order valence-electron chi connectivity index (χ3n) is 4.43. The van der Waals surface area contributed by atoms with Crippen LogP contribution in [0.3, 0.4) is 0 Å². The van der Waals surface area contributed by atoms with E-state index in [1.807, 2.05) is 42.0 Å². The molecule has 1 heterocycles. The van der Waals surface area contributed by atoms with Crippen LogP contribution in [0, 0.1) is 6.92 Å². The zero-order chi connectivity index (χ0) is 19.6. The van der Waals surface area contributed by atoms with Crippen molar-refractivity contribution < 1.29 is 13.2 Å². The summed E-state index contributed by atoms with van der Waals surface area (Å²) in [5.41, 5.74) is 3.01. The Kier molecular flexibility index (Phi) is 5.14. The van der Waals surface area contributed by atoms with Crippen molar-refractivity contribution in [2.24, 2.45) is 0 Å². The van der Waals surface area contributed by atoms with Gasteiger partial charge in [-0.05, 0) is 49.2 Å². The van der Waals surface area contributed by atoms with E-state index in [1.54, 1.807) is 25.5 Å². The number of benzene rings is 2. The Bertz CT molecular complexity index is 1060. The van der Waals surface area contributed by atoms with Gasteiger partial charge in [0.05, 0.1) is 17.3 Å². The van der Waals surface area contributed by atoms with Gasteiger partial charge in [0.15, 0.2) is 9.84 Å². The molecule has 1 aromatic heterocycles. The summed E-state index contributed by atoms with van der Waals surface area (Å²) in [6, 6.07) is 12.2. The molecule has 2 aromatic carbocycles. The third kappa shape index (κ3) is 4.25. The van der Waals surface area contributed by atoms with Crippen molar-refractivity contribution in [2.45, 2.75) is 24.8 Å². The first-order chi connectivity index (χ1) is 12.8. The predicted octanol–water partition coefficient (Wildman–Crippen LogP) is 3.08. The lowest BCUT2D eigenvalue weighted by Gasteiger charge is -2.16. The lowest BCUT2D eigenvalue weighted by molar-refractivity contribution is 0.0939. The molecule has 0 aliphatic carbocycles. The van der Waals surface area contributed by atoms with Gasteiger partial charge in [-0.15, -0.1) is 0 Å². The van der Waals surface area contributed by atoms with E-state index in [0.717, 1.165) is 23.1 Å². The van der Waals surface area contributed by atoms with Crippen LogP contribution in [0.25, 0.3) is 5.69 Å². The number of carbonyl (C=O) groups is 1. The molecule has 3 rings (SSSR count). The number of carbonyl (C=O) groups excluding carboxylic acids is 1. The van der Waals surface area contributed by atoms with Crippen LogP contribution in [0.1, 0.15) is 34.5 Å². The van der Waals surface area contributed by atoms with Gasteiger partial charge in [-0.25, -0.2) is 13.4 Å². The summed E-state index contributed by atoms with van der Waals surface area (Å²) >= 11 is 0. The first kappa shape index (κ1) is 18.8. The molecule has 0 aliphatic rings. The molecule has 3 aromatic rings. The van der Waals surface area contributed by atoms with Crippen molar-refractivity contribution in [3.8, 4) is 5.69 Å². The number of aromatic nitrogens is 2. The van der Waals surface area contributed by atoms with E-state index >= 15 is 0 Å². The number of rotatable bonds is 5. The second kappa shape index (κ2) is 7.36. The Morgan fingerprint density at radius 1 is 1.15 bits per heavy atom. The standard InChI is InChI=1S/C20H21N3O3S/c1-14-4-9-18(27(3,25)26)12-19(14)20(24)22-15(2)16-5-7-17(8-6-16)23-11-10-21-13-23/h4-13,15H,1-3H3,(H,22,24)/t15-/m1/s1. The van der Waals surface area contributed by atoms with E-state index in [-0.39, 0.29) is 16.8 Å². The van der Waals surface area contributed by atoms with Gasteiger partial charge in [0, 0.05) is 29.9 Å². The number of nitrogens with zero attached hydrogens (tertiary/aromatic N) is 2.